The van der Waals surface area contributed by atoms with E-state index in [4.69, 9.17) is 11.6 Å². The molecule has 0 saturated carbocycles. The topological polar surface area (TPSA) is 17.1 Å². The lowest BCUT2D eigenvalue weighted by Gasteiger charge is -1.81. The quantitative estimate of drug-likeness (QED) is 0.169. The third-order valence-corrected chi connectivity index (χ3v) is 1.47. The molecular formula is C11H13ClO. The molecule has 0 radical (unpaired) electrons. The normalized spacial score (nSPS) is 10.3. The molecule has 70 valence electrons. The van der Waals surface area contributed by atoms with Gasteiger partial charge in [-0.1, -0.05) is 24.1 Å². The highest BCUT2D eigenvalue weighted by atomic mass is 35.5. The van der Waals surface area contributed by atoms with Crippen LogP contribution in [0, 0.1) is 11.8 Å². The van der Waals surface area contributed by atoms with Crippen LogP contribution in [-0.2, 0) is 4.79 Å². The number of unbranched alkanes of at least 4 members (excludes halogenated alkanes) is 1. The number of carbonyl (C=O) groups is 1. The third-order valence-electron chi connectivity index (χ3n) is 1.20. The van der Waals surface area contributed by atoms with Gasteiger partial charge >= 0.3 is 0 Å². The van der Waals surface area contributed by atoms with Crippen molar-refractivity contribution in [1.29, 1.82) is 0 Å². The van der Waals surface area contributed by atoms with E-state index in [1.165, 1.54) is 6.08 Å². The van der Waals surface area contributed by atoms with Gasteiger partial charge in [-0.05, 0) is 25.3 Å². The van der Waals surface area contributed by atoms with Crippen LogP contribution < -0.4 is 0 Å². The molecule has 0 atom stereocenters. The number of hydrogen-bond acceptors (Lipinski definition) is 1. The molecular weight excluding hydrogens is 184 g/mol. The van der Waals surface area contributed by atoms with E-state index in [0.717, 1.165) is 6.42 Å². The first-order chi connectivity index (χ1) is 6.31. The SMILES string of the molecule is C/C=C/C=C/C(=O)C#CCCCCl. The predicted molar refractivity (Wildman–Crippen MR) is 56.7 cm³/mol. The molecule has 0 spiro atoms. The molecule has 0 fully saturated rings. The van der Waals surface area contributed by atoms with Crippen LogP contribution in [0.3, 0.4) is 0 Å². The van der Waals surface area contributed by atoms with Crippen molar-refractivity contribution in [2.75, 3.05) is 5.88 Å². The molecule has 0 amide bonds. The van der Waals surface area contributed by atoms with E-state index < -0.39 is 0 Å². The highest BCUT2D eigenvalue weighted by molar-refractivity contribution is 6.17. The van der Waals surface area contributed by atoms with Crippen molar-refractivity contribution in [3.63, 3.8) is 0 Å². The summed E-state index contributed by atoms with van der Waals surface area (Å²) < 4.78 is 0. The summed E-state index contributed by atoms with van der Waals surface area (Å²) >= 11 is 5.44. The summed E-state index contributed by atoms with van der Waals surface area (Å²) in [5, 5.41) is 0. The zero-order valence-corrected chi connectivity index (χ0v) is 8.47. The molecule has 0 aromatic rings. The fourth-order valence-electron chi connectivity index (χ4n) is 0.601. The molecule has 2 heteroatoms. The lowest BCUT2D eigenvalue weighted by atomic mass is 10.3. The number of carbonyl (C=O) groups excluding carboxylic acids is 1. The van der Waals surface area contributed by atoms with Gasteiger partial charge < -0.3 is 0 Å². The van der Waals surface area contributed by atoms with E-state index >= 15 is 0 Å². The van der Waals surface area contributed by atoms with Crippen LogP contribution in [0.25, 0.3) is 0 Å². The van der Waals surface area contributed by atoms with Gasteiger partial charge in [0.2, 0.25) is 5.78 Å². The minimum Gasteiger partial charge on any atom is -0.280 e. The zero-order chi connectivity index (χ0) is 9.94. The van der Waals surface area contributed by atoms with Crippen LogP contribution in [0.15, 0.2) is 24.3 Å². The first-order valence-electron chi connectivity index (χ1n) is 4.19. The Morgan fingerprint density at radius 2 is 2.23 bits per heavy atom. The van der Waals surface area contributed by atoms with Crippen molar-refractivity contribution in [3.05, 3.63) is 24.3 Å². The molecule has 0 aromatic carbocycles. The van der Waals surface area contributed by atoms with Crippen LogP contribution in [0.5, 0.6) is 0 Å². The Morgan fingerprint density at radius 3 is 2.85 bits per heavy atom. The Hall–Kier alpha value is -1.00. The fourth-order valence-corrected chi connectivity index (χ4v) is 0.734. The molecule has 0 unspecified atom stereocenters. The molecule has 0 aliphatic rings. The first-order valence-corrected chi connectivity index (χ1v) is 4.73. The van der Waals surface area contributed by atoms with Crippen molar-refractivity contribution in [2.24, 2.45) is 0 Å². The molecule has 0 saturated heterocycles. The van der Waals surface area contributed by atoms with Gasteiger partial charge in [-0.2, -0.15) is 0 Å². The van der Waals surface area contributed by atoms with Gasteiger partial charge in [0.05, 0.1) is 0 Å². The molecule has 1 nitrogen and oxygen atoms in total. The third kappa shape index (κ3) is 8.91. The smallest absolute Gasteiger partial charge is 0.228 e. The lowest BCUT2D eigenvalue weighted by molar-refractivity contribution is -0.109. The van der Waals surface area contributed by atoms with E-state index in [2.05, 4.69) is 11.8 Å². The predicted octanol–water partition coefficient (Wildman–Crippen LogP) is 2.71. The summed E-state index contributed by atoms with van der Waals surface area (Å²) in [5.74, 6) is 5.70. The van der Waals surface area contributed by atoms with Crippen molar-refractivity contribution in [3.8, 4) is 11.8 Å². The number of ketones is 1. The largest absolute Gasteiger partial charge is 0.280 e. The van der Waals surface area contributed by atoms with E-state index in [0.29, 0.717) is 12.3 Å². The zero-order valence-electron chi connectivity index (χ0n) is 7.72. The Balaban J connectivity index is 3.76. The maximum absolute atomic E-state index is 11.0. The summed E-state index contributed by atoms with van der Waals surface area (Å²) in [7, 11) is 0. The van der Waals surface area contributed by atoms with Gasteiger partial charge in [-0.15, -0.1) is 11.6 Å². The van der Waals surface area contributed by atoms with Crippen LogP contribution in [0.2, 0.25) is 0 Å². The highest BCUT2D eigenvalue weighted by Crippen LogP contribution is 1.88. The second-order valence-electron chi connectivity index (χ2n) is 2.34. The first kappa shape index (κ1) is 12.0. The number of alkyl halides is 1. The van der Waals surface area contributed by atoms with Crippen molar-refractivity contribution >= 4 is 17.4 Å². The summed E-state index contributed by atoms with van der Waals surface area (Å²) in [5.41, 5.74) is 0. The van der Waals surface area contributed by atoms with Crippen LogP contribution in [0.1, 0.15) is 19.8 Å². The minimum atomic E-state index is -0.160. The van der Waals surface area contributed by atoms with Gasteiger partial charge in [0, 0.05) is 12.3 Å². The van der Waals surface area contributed by atoms with Crippen LogP contribution >= 0.6 is 11.6 Å². The molecule has 0 aliphatic heterocycles. The van der Waals surface area contributed by atoms with Crippen molar-refractivity contribution in [1.82, 2.24) is 0 Å². The van der Waals surface area contributed by atoms with E-state index in [1.54, 1.807) is 12.2 Å². The summed E-state index contributed by atoms with van der Waals surface area (Å²) in [6, 6.07) is 0. The van der Waals surface area contributed by atoms with Gasteiger partial charge in [-0.25, -0.2) is 0 Å². The lowest BCUT2D eigenvalue weighted by Crippen LogP contribution is -1.84. The number of halogens is 1. The second-order valence-corrected chi connectivity index (χ2v) is 2.72. The van der Waals surface area contributed by atoms with E-state index in [1.807, 2.05) is 13.0 Å². The molecule has 0 bridgehead atoms. The monoisotopic (exact) mass is 196 g/mol. The standard InChI is InChI=1S/C11H13ClO/c1-2-3-5-8-11(13)9-6-4-7-10-12/h2-3,5,8H,4,7,10H2,1H3/b3-2+,8-5+. The molecule has 0 aliphatic carbocycles. The number of allylic oxidation sites excluding steroid dienone is 4. The maximum atomic E-state index is 11.0. The van der Waals surface area contributed by atoms with Gasteiger partial charge in [0.1, 0.15) is 0 Å². The number of rotatable bonds is 4. The summed E-state index contributed by atoms with van der Waals surface area (Å²) in [6.07, 6.45) is 8.29. The second kappa shape index (κ2) is 9.09. The molecule has 0 aromatic heterocycles. The average molecular weight is 197 g/mol. The summed E-state index contributed by atoms with van der Waals surface area (Å²) in [4.78, 5) is 11.0. The highest BCUT2D eigenvalue weighted by Gasteiger charge is 1.84. The van der Waals surface area contributed by atoms with E-state index in [-0.39, 0.29) is 5.78 Å². The summed E-state index contributed by atoms with van der Waals surface area (Å²) in [6.45, 7) is 1.89. The minimum absolute atomic E-state index is 0.160. The molecule has 0 N–H and O–H groups in total. The Morgan fingerprint density at radius 1 is 1.46 bits per heavy atom. The fraction of sp³-hybridized carbons (Fsp3) is 0.364. The Kier molecular flexibility index (Phi) is 8.39. The van der Waals surface area contributed by atoms with Crippen LogP contribution in [0.4, 0.5) is 0 Å². The maximum Gasteiger partial charge on any atom is 0.228 e. The van der Waals surface area contributed by atoms with Crippen molar-refractivity contribution in [2.45, 2.75) is 19.8 Å². The molecule has 0 heterocycles. The molecule has 13 heavy (non-hydrogen) atoms. The Labute approximate surface area is 84.5 Å². The number of hydrogen-bond donors (Lipinski definition) is 0. The van der Waals surface area contributed by atoms with Gasteiger partial charge in [0.15, 0.2) is 0 Å². The Bertz CT molecular complexity index is 253. The van der Waals surface area contributed by atoms with Gasteiger partial charge in [0.25, 0.3) is 0 Å². The van der Waals surface area contributed by atoms with Crippen molar-refractivity contribution < 1.29 is 4.79 Å². The van der Waals surface area contributed by atoms with Gasteiger partial charge in [-0.3, -0.25) is 4.79 Å². The molecule has 0 rings (SSSR count). The van der Waals surface area contributed by atoms with Crippen LogP contribution in [-0.4, -0.2) is 11.7 Å². The van der Waals surface area contributed by atoms with E-state index in [9.17, 15) is 4.79 Å². The average Bonchev–Trinajstić information content (AvgIpc) is 2.13.